The molecule has 1 unspecified atom stereocenters. The molecule has 216 valence electrons. The van der Waals surface area contributed by atoms with Crippen molar-refractivity contribution in [1.82, 2.24) is 5.32 Å². The fraction of sp³-hybridized carbons (Fsp3) is 0.357. The fourth-order valence-corrected chi connectivity index (χ4v) is 3.89. The minimum absolute atomic E-state index is 0.0336. The van der Waals surface area contributed by atoms with E-state index in [4.69, 9.17) is 28.4 Å². The Hall–Kier alpha value is -4.35. The molecule has 0 aliphatic carbocycles. The van der Waals surface area contributed by atoms with Crippen molar-refractivity contribution in [2.45, 2.75) is 45.9 Å². The number of nitrogens with one attached hydrogen (secondary N) is 1. The summed E-state index contributed by atoms with van der Waals surface area (Å²) in [5, 5.41) is 3.02. The number of carbonyl (C=O) groups excluding carboxylic acids is 2. The summed E-state index contributed by atoms with van der Waals surface area (Å²) in [6, 6.07) is 11.3. The summed E-state index contributed by atoms with van der Waals surface area (Å²) in [6.45, 7) is 6.15. The molecule has 0 amide bonds. The minimum atomic E-state index is -4.52. The largest absolute Gasteiger partial charge is 0.513 e. The van der Waals surface area contributed by atoms with Crippen LogP contribution >= 0.6 is 0 Å². The van der Waals surface area contributed by atoms with E-state index in [-0.39, 0.29) is 30.5 Å². The van der Waals surface area contributed by atoms with E-state index < -0.39 is 36.1 Å². The molecular formula is C28H30F3NO8. The maximum Gasteiger partial charge on any atom is 0.513 e. The average molecular weight is 566 g/mol. The topological polar surface area (TPSA) is 102 Å². The second-order valence-electron chi connectivity index (χ2n) is 8.87. The summed E-state index contributed by atoms with van der Waals surface area (Å²) in [5.41, 5.74) is 0.589. The summed E-state index contributed by atoms with van der Waals surface area (Å²) in [6.07, 6.45) is -7.00. The number of alkyl halides is 3. The molecule has 12 heteroatoms. The zero-order chi connectivity index (χ0) is 29.4. The van der Waals surface area contributed by atoms with Crippen molar-refractivity contribution in [3.63, 3.8) is 0 Å². The maximum atomic E-state index is 12.9. The number of halogens is 3. The smallest absolute Gasteiger partial charge is 0.496 e. The van der Waals surface area contributed by atoms with Crippen LogP contribution in [0.4, 0.5) is 22.8 Å². The lowest BCUT2D eigenvalue weighted by molar-refractivity contribution is -0.137. The Kier molecular flexibility index (Phi) is 9.92. The lowest BCUT2D eigenvalue weighted by atomic mass is 9.90. The minimum Gasteiger partial charge on any atom is -0.496 e. The molecule has 0 saturated heterocycles. The van der Waals surface area contributed by atoms with Gasteiger partial charge < -0.3 is 33.7 Å². The third kappa shape index (κ3) is 7.84. The van der Waals surface area contributed by atoms with Crippen LogP contribution in [0, 0.1) is 0 Å². The van der Waals surface area contributed by atoms with Crippen molar-refractivity contribution >= 4 is 12.3 Å². The van der Waals surface area contributed by atoms with Gasteiger partial charge in [-0.2, -0.15) is 13.2 Å². The second kappa shape index (κ2) is 13.1. The molecular weight excluding hydrogens is 535 g/mol. The van der Waals surface area contributed by atoms with Gasteiger partial charge in [-0.05, 0) is 52.0 Å². The molecule has 0 saturated carbocycles. The number of benzene rings is 2. The number of allylic oxidation sites excluding steroid dienone is 2. The Morgan fingerprint density at radius 1 is 0.925 bits per heavy atom. The summed E-state index contributed by atoms with van der Waals surface area (Å²) in [5.74, 6) is -0.292. The first-order valence-corrected chi connectivity index (χ1v) is 12.2. The number of rotatable bonds is 9. The summed E-state index contributed by atoms with van der Waals surface area (Å²) in [4.78, 5) is 25.1. The van der Waals surface area contributed by atoms with E-state index in [1.54, 1.807) is 52.0 Å². The van der Waals surface area contributed by atoms with Crippen molar-refractivity contribution in [1.29, 1.82) is 0 Å². The van der Waals surface area contributed by atoms with Crippen LogP contribution in [0.15, 0.2) is 71.4 Å². The Morgan fingerprint density at radius 3 is 2.20 bits per heavy atom. The van der Waals surface area contributed by atoms with Crippen LogP contribution in [0.1, 0.15) is 44.7 Å². The Morgan fingerprint density at radius 2 is 1.57 bits per heavy atom. The first kappa shape index (κ1) is 30.2. The Labute approximate surface area is 229 Å². The number of carbonyl (C=O) groups is 2. The van der Waals surface area contributed by atoms with E-state index in [0.717, 1.165) is 12.1 Å². The van der Waals surface area contributed by atoms with Crippen molar-refractivity contribution in [3.05, 3.63) is 82.6 Å². The van der Waals surface area contributed by atoms with E-state index >= 15 is 0 Å². The highest BCUT2D eigenvalue weighted by atomic mass is 19.4. The highest BCUT2D eigenvalue weighted by molar-refractivity contribution is 5.65. The third-order valence-corrected chi connectivity index (χ3v) is 5.54. The van der Waals surface area contributed by atoms with Gasteiger partial charge in [-0.15, -0.1) is 0 Å². The monoisotopic (exact) mass is 565 g/mol. The van der Waals surface area contributed by atoms with Gasteiger partial charge in [-0.25, -0.2) is 9.59 Å². The van der Waals surface area contributed by atoms with E-state index in [1.807, 2.05) is 0 Å². The van der Waals surface area contributed by atoms with Gasteiger partial charge in [0.25, 0.3) is 0 Å². The molecule has 40 heavy (non-hydrogen) atoms. The zero-order valence-corrected chi connectivity index (χ0v) is 22.6. The van der Waals surface area contributed by atoms with E-state index in [0.29, 0.717) is 22.7 Å². The van der Waals surface area contributed by atoms with Crippen molar-refractivity contribution < 1.29 is 51.2 Å². The fourth-order valence-electron chi connectivity index (χ4n) is 3.89. The molecule has 2 aromatic carbocycles. The van der Waals surface area contributed by atoms with Gasteiger partial charge in [0.1, 0.15) is 42.1 Å². The maximum absolute atomic E-state index is 12.9. The first-order valence-electron chi connectivity index (χ1n) is 12.2. The SMILES string of the molecule is COc1ccccc1C1C(OC(=O)OCCOc2cccc(C(F)(F)F)c2)=C(C)NC(C)=C1OC(=O)OC(C)C. The van der Waals surface area contributed by atoms with Gasteiger partial charge in [0.05, 0.1) is 30.2 Å². The van der Waals surface area contributed by atoms with Crippen LogP contribution in [0.25, 0.3) is 0 Å². The van der Waals surface area contributed by atoms with Crippen LogP contribution in [-0.4, -0.2) is 38.7 Å². The number of ether oxygens (including phenoxy) is 6. The molecule has 0 bridgehead atoms. The third-order valence-electron chi connectivity index (χ3n) is 5.54. The molecule has 1 heterocycles. The molecule has 1 atom stereocenters. The normalized spacial score (nSPS) is 15.4. The molecule has 0 fully saturated rings. The lowest BCUT2D eigenvalue weighted by Gasteiger charge is -2.31. The number of dihydropyridines is 1. The van der Waals surface area contributed by atoms with Crippen molar-refractivity contribution in [2.75, 3.05) is 20.3 Å². The molecule has 0 spiro atoms. The van der Waals surface area contributed by atoms with Gasteiger partial charge in [-0.3, -0.25) is 0 Å². The van der Waals surface area contributed by atoms with Crippen LogP contribution in [0.5, 0.6) is 11.5 Å². The molecule has 1 aliphatic heterocycles. The highest BCUT2D eigenvalue weighted by Crippen LogP contribution is 2.43. The predicted molar refractivity (Wildman–Crippen MR) is 136 cm³/mol. The highest BCUT2D eigenvalue weighted by Gasteiger charge is 2.37. The quantitative estimate of drug-likeness (QED) is 0.264. The summed E-state index contributed by atoms with van der Waals surface area (Å²) in [7, 11) is 1.47. The van der Waals surface area contributed by atoms with E-state index in [1.165, 1.54) is 19.2 Å². The van der Waals surface area contributed by atoms with Gasteiger partial charge in [0.2, 0.25) is 0 Å². The van der Waals surface area contributed by atoms with Crippen LogP contribution in [0.2, 0.25) is 0 Å². The van der Waals surface area contributed by atoms with Crippen molar-refractivity contribution in [3.8, 4) is 11.5 Å². The zero-order valence-electron chi connectivity index (χ0n) is 22.6. The van der Waals surface area contributed by atoms with Crippen LogP contribution < -0.4 is 14.8 Å². The molecule has 0 aromatic heterocycles. The van der Waals surface area contributed by atoms with Crippen LogP contribution in [-0.2, 0) is 25.1 Å². The Balaban J connectivity index is 1.75. The van der Waals surface area contributed by atoms with Gasteiger partial charge >= 0.3 is 18.5 Å². The molecule has 9 nitrogen and oxygen atoms in total. The number of hydrogen-bond acceptors (Lipinski definition) is 9. The molecule has 0 radical (unpaired) electrons. The average Bonchev–Trinajstić information content (AvgIpc) is 2.88. The number of hydrogen-bond donors (Lipinski definition) is 1. The van der Waals surface area contributed by atoms with Gasteiger partial charge in [0.15, 0.2) is 0 Å². The summed E-state index contributed by atoms with van der Waals surface area (Å²) >= 11 is 0. The number of methoxy groups -OCH3 is 1. The summed E-state index contributed by atoms with van der Waals surface area (Å²) < 4.78 is 70.8. The molecule has 1 aliphatic rings. The molecule has 1 N–H and O–H groups in total. The van der Waals surface area contributed by atoms with E-state index in [2.05, 4.69) is 5.32 Å². The lowest BCUT2D eigenvalue weighted by Crippen LogP contribution is -2.30. The van der Waals surface area contributed by atoms with Crippen LogP contribution in [0.3, 0.4) is 0 Å². The standard InChI is InChI=1S/C28H30F3NO8/c1-16(2)38-27(34)40-25-18(4)32-17(3)24(23(25)21-11-6-7-12-22(21)35-5)39-26(33)37-14-13-36-20-10-8-9-19(15-20)28(29,30)31/h6-12,15-16,23,32H,13-14H2,1-5H3. The number of para-hydroxylation sites is 1. The predicted octanol–water partition coefficient (Wildman–Crippen LogP) is 6.66. The van der Waals surface area contributed by atoms with Gasteiger partial charge in [-0.1, -0.05) is 24.3 Å². The Bertz CT molecular complexity index is 1290. The first-order chi connectivity index (χ1) is 18.9. The second-order valence-corrected chi connectivity index (χ2v) is 8.87. The van der Waals surface area contributed by atoms with Crippen molar-refractivity contribution in [2.24, 2.45) is 0 Å². The molecule has 3 rings (SSSR count). The van der Waals surface area contributed by atoms with Gasteiger partial charge in [0, 0.05) is 5.56 Å². The molecule has 2 aromatic rings. The van der Waals surface area contributed by atoms with E-state index in [9.17, 15) is 22.8 Å².